The third-order valence-electron chi connectivity index (χ3n) is 2.86. The fourth-order valence-electron chi connectivity index (χ4n) is 1.68. The predicted octanol–water partition coefficient (Wildman–Crippen LogP) is 1.08. The van der Waals surface area contributed by atoms with E-state index in [1.165, 1.54) is 12.8 Å². The third kappa shape index (κ3) is 1.74. The Bertz CT molecular complexity index is 128. The monoisotopic (exact) mass is 156 g/mol. The summed E-state index contributed by atoms with van der Waals surface area (Å²) in [6.45, 7) is 5.66. The van der Waals surface area contributed by atoms with E-state index in [2.05, 4.69) is 31.1 Å². The number of nitrogens with zero attached hydrogens (tertiary/aromatic N) is 1. The van der Waals surface area contributed by atoms with Gasteiger partial charge in [-0.15, -0.1) is 0 Å². The summed E-state index contributed by atoms with van der Waals surface area (Å²) in [7, 11) is 4.27. The summed E-state index contributed by atoms with van der Waals surface area (Å²) < 4.78 is 0. The Labute approximate surface area is 70.0 Å². The summed E-state index contributed by atoms with van der Waals surface area (Å²) in [6.07, 6.45) is 2.73. The Balaban J connectivity index is 2.44. The molecule has 0 aromatic heterocycles. The van der Waals surface area contributed by atoms with Gasteiger partial charge in [0.05, 0.1) is 0 Å². The van der Waals surface area contributed by atoms with Crippen LogP contribution in [-0.2, 0) is 0 Å². The summed E-state index contributed by atoms with van der Waals surface area (Å²) in [4.78, 5) is 2.49. The third-order valence-corrected chi connectivity index (χ3v) is 2.86. The lowest BCUT2D eigenvalue weighted by Gasteiger charge is -2.31. The summed E-state index contributed by atoms with van der Waals surface area (Å²) in [5.41, 5.74) is 0.503. The van der Waals surface area contributed by atoms with Crippen molar-refractivity contribution in [1.82, 2.24) is 10.2 Å². The van der Waals surface area contributed by atoms with Crippen LogP contribution in [0.5, 0.6) is 0 Å². The average molecular weight is 156 g/mol. The molecule has 2 heteroatoms. The molecule has 1 saturated carbocycles. The van der Waals surface area contributed by atoms with Crippen molar-refractivity contribution in [2.75, 3.05) is 20.6 Å². The highest BCUT2D eigenvalue weighted by molar-refractivity contribution is 5.04. The van der Waals surface area contributed by atoms with Gasteiger partial charge in [-0.25, -0.2) is 0 Å². The van der Waals surface area contributed by atoms with Crippen molar-refractivity contribution in [1.29, 1.82) is 0 Å². The molecule has 2 nitrogen and oxygen atoms in total. The van der Waals surface area contributed by atoms with E-state index in [-0.39, 0.29) is 0 Å². The van der Waals surface area contributed by atoms with E-state index in [1.54, 1.807) is 0 Å². The zero-order valence-electron chi connectivity index (χ0n) is 8.15. The maximum atomic E-state index is 3.26. The Morgan fingerprint density at radius 1 is 1.45 bits per heavy atom. The molecule has 1 N–H and O–H groups in total. The van der Waals surface area contributed by atoms with E-state index >= 15 is 0 Å². The van der Waals surface area contributed by atoms with Crippen LogP contribution in [0.2, 0.25) is 0 Å². The Morgan fingerprint density at radius 2 is 2.00 bits per heavy atom. The van der Waals surface area contributed by atoms with E-state index < -0.39 is 0 Å². The van der Waals surface area contributed by atoms with Gasteiger partial charge in [0.2, 0.25) is 0 Å². The molecule has 11 heavy (non-hydrogen) atoms. The molecule has 0 aromatic rings. The van der Waals surface area contributed by atoms with Crippen molar-refractivity contribution in [3.63, 3.8) is 0 Å². The van der Waals surface area contributed by atoms with Crippen molar-refractivity contribution in [3.8, 4) is 0 Å². The van der Waals surface area contributed by atoms with Crippen LogP contribution in [0.15, 0.2) is 0 Å². The van der Waals surface area contributed by atoms with Crippen molar-refractivity contribution in [2.24, 2.45) is 0 Å². The molecule has 1 fully saturated rings. The fraction of sp³-hybridized carbons (Fsp3) is 1.00. The summed E-state index contributed by atoms with van der Waals surface area (Å²) >= 11 is 0. The molecule has 0 aliphatic heterocycles. The lowest BCUT2D eigenvalue weighted by atomic mass is 10.2. The van der Waals surface area contributed by atoms with Crippen LogP contribution in [-0.4, -0.2) is 37.1 Å². The lowest BCUT2D eigenvalue weighted by molar-refractivity contribution is 0.174. The van der Waals surface area contributed by atoms with Crippen molar-refractivity contribution in [3.05, 3.63) is 0 Å². The zero-order valence-corrected chi connectivity index (χ0v) is 8.15. The quantitative estimate of drug-likeness (QED) is 0.655. The van der Waals surface area contributed by atoms with E-state index in [9.17, 15) is 0 Å². The molecule has 0 unspecified atom stereocenters. The van der Waals surface area contributed by atoms with E-state index in [4.69, 9.17) is 0 Å². The second-order valence-corrected chi connectivity index (χ2v) is 3.96. The molecule has 0 amide bonds. The van der Waals surface area contributed by atoms with Crippen molar-refractivity contribution < 1.29 is 0 Å². The molecule has 0 radical (unpaired) electrons. The first-order valence-corrected chi connectivity index (χ1v) is 4.50. The van der Waals surface area contributed by atoms with Gasteiger partial charge in [0.15, 0.2) is 0 Å². The Morgan fingerprint density at radius 3 is 2.27 bits per heavy atom. The second-order valence-electron chi connectivity index (χ2n) is 3.96. The minimum Gasteiger partial charge on any atom is -0.318 e. The first-order valence-electron chi connectivity index (χ1n) is 4.50. The normalized spacial score (nSPS) is 21.3. The summed E-state index contributed by atoms with van der Waals surface area (Å²) in [5.74, 6) is 0. The molecule has 66 valence electrons. The highest BCUT2D eigenvalue weighted by Gasteiger charge is 2.46. The molecule has 0 aromatic carbocycles. The van der Waals surface area contributed by atoms with Gasteiger partial charge in [-0.05, 0) is 40.8 Å². The van der Waals surface area contributed by atoms with Crippen LogP contribution in [0, 0.1) is 0 Å². The van der Waals surface area contributed by atoms with Crippen LogP contribution in [0.25, 0.3) is 0 Å². The fourth-order valence-corrected chi connectivity index (χ4v) is 1.68. The van der Waals surface area contributed by atoms with Crippen LogP contribution >= 0.6 is 0 Å². The standard InChI is InChI=1S/C9H20N2/c1-8(2)11(4)9(5-6-9)7-10-3/h8,10H,5-7H2,1-4H3. The van der Waals surface area contributed by atoms with Gasteiger partial charge in [0.25, 0.3) is 0 Å². The summed E-state index contributed by atoms with van der Waals surface area (Å²) in [5, 5.41) is 3.26. The van der Waals surface area contributed by atoms with Crippen LogP contribution in [0.3, 0.4) is 0 Å². The van der Waals surface area contributed by atoms with Crippen LogP contribution in [0.1, 0.15) is 26.7 Å². The number of nitrogens with one attached hydrogen (secondary N) is 1. The molecule has 1 rings (SSSR count). The van der Waals surface area contributed by atoms with Crippen LogP contribution < -0.4 is 5.32 Å². The van der Waals surface area contributed by atoms with Gasteiger partial charge in [-0.2, -0.15) is 0 Å². The maximum Gasteiger partial charge on any atom is 0.0334 e. The molecule has 1 aliphatic rings. The van der Waals surface area contributed by atoms with Gasteiger partial charge in [-0.1, -0.05) is 0 Å². The SMILES string of the molecule is CNCC1(N(C)C(C)C)CC1. The minimum atomic E-state index is 0.503. The van der Waals surface area contributed by atoms with Crippen molar-refractivity contribution in [2.45, 2.75) is 38.3 Å². The highest BCUT2D eigenvalue weighted by atomic mass is 15.2. The number of hydrogen-bond acceptors (Lipinski definition) is 2. The number of likely N-dealkylation sites (N-methyl/N-ethyl adjacent to an activating group) is 2. The Hall–Kier alpha value is -0.0800. The lowest BCUT2D eigenvalue weighted by Crippen LogP contribution is -2.44. The van der Waals surface area contributed by atoms with Crippen LogP contribution in [0.4, 0.5) is 0 Å². The summed E-state index contributed by atoms with van der Waals surface area (Å²) in [6, 6.07) is 0.672. The highest BCUT2D eigenvalue weighted by Crippen LogP contribution is 2.41. The van der Waals surface area contributed by atoms with Gasteiger partial charge in [0.1, 0.15) is 0 Å². The van der Waals surface area contributed by atoms with Gasteiger partial charge in [0, 0.05) is 18.1 Å². The largest absolute Gasteiger partial charge is 0.318 e. The number of rotatable bonds is 4. The van der Waals surface area contributed by atoms with E-state index in [1.807, 2.05) is 7.05 Å². The van der Waals surface area contributed by atoms with E-state index in [0.717, 1.165) is 6.54 Å². The average Bonchev–Trinajstić information content (AvgIpc) is 2.69. The molecular weight excluding hydrogens is 136 g/mol. The molecule has 1 aliphatic carbocycles. The van der Waals surface area contributed by atoms with Crippen molar-refractivity contribution >= 4 is 0 Å². The van der Waals surface area contributed by atoms with E-state index in [0.29, 0.717) is 11.6 Å². The molecular formula is C9H20N2. The van der Waals surface area contributed by atoms with Gasteiger partial charge < -0.3 is 5.32 Å². The molecule has 0 heterocycles. The maximum absolute atomic E-state index is 3.26. The minimum absolute atomic E-state index is 0.503. The Kier molecular flexibility index (Phi) is 2.55. The van der Waals surface area contributed by atoms with Gasteiger partial charge in [-0.3, -0.25) is 4.90 Å². The smallest absolute Gasteiger partial charge is 0.0334 e. The first-order chi connectivity index (χ1) is 5.12. The molecule has 0 bridgehead atoms. The number of hydrogen-bond donors (Lipinski definition) is 1. The molecule has 0 atom stereocenters. The van der Waals surface area contributed by atoms with Gasteiger partial charge >= 0.3 is 0 Å². The first kappa shape index (κ1) is 9.01. The second kappa shape index (κ2) is 3.11. The molecule has 0 spiro atoms. The topological polar surface area (TPSA) is 15.3 Å². The predicted molar refractivity (Wildman–Crippen MR) is 48.8 cm³/mol. The zero-order chi connectivity index (χ0) is 8.48. The molecule has 0 saturated heterocycles.